The summed E-state index contributed by atoms with van der Waals surface area (Å²) in [6, 6.07) is 1.87. The van der Waals surface area contributed by atoms with Crippen molar-refractivity contribution < 1.29 is 9.90 Å². The van der Waals surface area contributed by atoms with Gasteiger partial charge in [0, 0.05) is 12.4 Å². The number of hydrogen-bond acceptors (Lipinski definition) is 3. The van der Waals surface area contributed by atoms with Crippen LogP contribution in [-0.2, 0) is 6.42 Å². The fourth-order valence-electron chi connectivity index (χ4n) is 1.53. The lowest BCUT2D eigenvalue weighted by atomic mass is 10.1. The molecule has 1 N–H and O–H groups in total. The van der Waals surface area contributed by atoms with Crippen LogP contribution >= 0.6 is 11.3 Å². The molecule has 0 spiro atoms. The maximum absolute atomic E-state index is 10.9. The van der Waals surface area contributed by atoms with E-state index < -0.39 is 5.97 Å². The Morgan fingerprint density at radius 2 is 2.43 bits per heavy atom. The van der Waals surface area contributed by atoms with Gasteiger partial charge >= 0.3 is 5.97 Å². The zero-order valence-electron chi connectivity index (χ0n) is 7.65. The van der Waals surface area contributed by atoms with Crippen LogP contribution in [0.1, 0.15) is 22.2 Å². The zero-order chi connectivity index (χ0) is 10.1. The van der Waals surface area contributed by atoms with E-state index in [9.17, 15) is 4.79 Å². The molecule has 14 heavy (non-hydrogen) atoms. The predicted octanol–water partition coefficient (Wildman–Crippen LogP) is 2.56. The van der Waals surface area contributed by atoms with E-state index in [-0.39, 0.29) is 0 Å². The highest BCUT2D eigenvalue weighted by atomic mass is 32.1. The monoisotopic (exact) mass is 207 g/mol. The SMILES string of the molecule is CCc1c(C(=O)O)sc2cnccc12. The van der Waals surface area contributed by atoms with Gasteiger partial charge in [-0.3, -0.25) is 4.98 Å². The number of carbonyl (C=O) groups is 1. The molecule has 0 aliphatic rings. The van der Waals surface area contributed by atoms with E-state index in [1.165, 1.54) is 11.3 Å². The van der Waals surface area contributed by atoms with Crippen molar-refractivity contribution >= 4 is 27.4 Å². The van der Waals surface area contributed by atoms with Crippen molar-refractivity contribution in [2.75, 3.05) is 0 Å². The molecule has 0 fully saturated rings. The molecule has 72 valence electrons. The van der Waals surface area contributed by atoms with Gasteiger partial charge in [0.2, 0.25) is 0 Å². The normalized spacial score (nSPS) is 10.6. The van der Waals surface area contributed by atoms with Crippen LogP contribution in [0.2, 0.25) is 0 Å². The van der Waals surface area contributed by atoms with Crippen molar-refractivity contribution in [3.8, 4) is 0 Å². The molecule has 0 bridgehead atoms. The third-order valence-corrected chi connectivity index (χ3v) is 3.31. The molecule has 0 aromatic carbocycles. The first-order chi connectivity index (χ1) is 6.74. The summed E-state index contributed by atoms with van der Waals surface area (Å²) in [5, 5.41) is 10.0. The maximum Gasteiger partial charge on any atom is 0.346 e. The highest BCUT2D eigenvalue weighted by Gasteiger charge is 2.15. The number of aromatic carboxylic acids is 1. The van der Waals surface area contributed by atoms with Gasteiger partial charge in [0.05, 0.1) is 4.70 Å². The van der Waals surface area contributed by atoms with Crippen LogP contribution in [0, 0.1) is 0 Å². The molecule has 0 saturated carbocycles. The van der Waals surface area contributed by atoms with Crippen LogP contribution in [0.25, 0.3) is 10.1 Å². The van der Waals surface area contributed by atoms with Crippen molar-refractivity contribution in [1.29, 1.82) is 0 Å². The second-order valence-electron chi connectivity index (χ2n) is 2.94. The molecular formula is C10H9NO2S. The Labute approximate surface area is 85.0 Å². The number of fused-ring (bicyclic) bond motifs is 1. The largest absolute Gasteiger partial charge is 0.477 e. The smallest absolute Gasteiger partial charge is 0.346 e. The number of rotatable bonds is 2. The number of carboxylic acids is 1. The Bertz CT molecular complexity index is 490. The molecule has 0 atom stereocenters. The molecule has 2 aromatic heterocycles. The number of pyridine rings is 1. The molecule has 2 heterocycles. The first kappa shape index (κ1) is 9.15. The molecule has 0 amide bonds. The summed E-state index contributed by atoms with van der Waals surface area (Å²) in [7, 11) is 0. The minimum absolute atomic E-state index is 0.440. The number of aromatic nitrogens is 1. The molecule has 0 radical (unpaired) electrons. The minimum Gasteiger partial charge on any atom is -0.477 e. The fraction of sp³-hybridized carbons (Fsp3) is 0.200. The third kappa shape index (κ3) is 1.28. The third-order valence-electron chi connectivity index (χ3n) is 2.14. The van der Waals surface area contributed by atoms with E-state index in [0.29, 0.717) is 4.88 Å². The lowest BCUT2D eigenvalue weighted by molar-refractivity contribution is 0.0701. The summed E-state index contributed by atoms with van der Waals surface area (Å²) in [6.45, 7) is 1.97. The predicted molar refractivity (Wildman–Crippen MR) is 56.0 cm³/mol. The van der Waals surface area contributed by atoms with Crippen molar-refractivity contribution in [3.05, 3.63) is 28.9 Å². The Balaban J connectivity index is 2.78. The molecule has 3 nitrogen and oxygen atoms in total. The average molecular weight is 207 g/mol. The number of carboxylic acid groups (broad SMARTS) is 1. The van der Waals surface area contributed by atoms with E-state index in [1.54, 1.807) is 12.4 Å². The highest BCUT2D eigenvalue weighted by Crippen LogP contribution is 2.30. The van der Waals surface area contributed by atoms with E-state index in [0.717, 1.165) is 22.1 Å². The van der Waals surface area contributed by atoms with Crippen molar-refractivity contribution in [3.63, 3.8) is 0 Å². The van der Waals surface area contributed by atoms with Gasteiger partial charge in [-0.05, 0) is 23.4 Å². The molecule has 0 aliphatic heterocycles. The minimum atomic E-state index is -0.844. The van der Waals surface area contributed by atoms with Gasteiger partial charge in [0.15, 0.2) is 0 Å². The summed E-state index contributed by atoms with van der Waals surface area (Å²) < 4.78 is 0.946. The van der Waals surface area contributed by atoms with Crippen LogP contribution in [0.3, 0.4) is 0 Å². The zero-order valence-corrected chi connectivity index (χ0v) is 8.47. The van der Waals surface area contributed by atoms with Crippen LogP contribution in [-0.4, -0.2) is 16.1 Å². The maximum atomic E-state index is 10.9. The summed E-state index contributed by atoms with van der Waals surface area (Å²) in [5.41, 5.74) is 0.917. The van der Waals surface area contributed by atoms with Crippen LogP contribution in [0.5, 0.6) is 0 Å². The Kier molecular flexibility index (Phi) is 2.21. The summed E-state index contributed by atoms with van der Waals surface area (Å²) in [5.74, 6) is -0.844. The van der Waals surface area contributed by atoms with Crippen molar-refractivity contribution in [2.24, 2.45) is 0 Å². The van der Waals surface area contributed by atoms with E-state index in [2.05, 4.69) is 4.98 Å². The van der Waals surface area contributed by atoms with E-state index in [1.807, 2.05) is 13.0 Å². The van der Waals surface area contributed by atoms with E-state index >= 15 is 0 Å². The van der Waals surface area contributed by atoms with Gasteiger partial charge in [0.1, 0.15) is 4.88 Å². The summed E-state index contributed by atoms with van der Waals surface area (Å²) in [4.78, 5) is 15.4. The molecule has 4 heteroatoms. The van der Waals surface area contributed by atoms with Crippen LogP contribution in [0.4, 0.5) is 0 Å². The van der Waals surface area contributed by atoms with Crippen LogP contribution in [0.15, 0.2) is 18.5 Å². The summed E-state index contributed by atoms with van der Waals surface area (Å²) >= 11 is 1.29. The van der Waals surface area contributed by atoms with E-state index in [4.69, 9.17) is 5.11 Å². The molecule has 2 rings (SSSR count). The number of hydrogen-bond donors (Lipinski definition) is 1. The molecule has 0 unspecified atom stereocenters. The average Bonchev–Trinajstić information content (AvgIpc) is 2.56. The molecule has 2 aromatic rings. The van der Waals surface area contributed by atoms with Gasteiger partial charge < -0.3 is 5.11 Å². The van der Waals surface area contributed by atoms with Gasteiger partial charge in [-0.1, -0.05) is 6.92 Å². The summed E-state index contributed by atoms with van der Waals surface area (Å²) in [6.07, 6.45) is 4.15. The van der Waals surface area contributed by atoms with Crippen LogP contribution < -0.4 is 0 Å². The van der Waals surface area contributed by atoms with Crippen molar-refractivity contribution in [2.45, 2.75) is 13.3 Å². The van der Waals surface area contributed by atoms with Gasteiger partial charge in [-0.2, -0.15) is 0 Å². The Morgan fingerprint density at radius 1 is 1.64 bits per heavy atom. The molecular weight excluding hydrogens is 198 g/mol. The van der Waals surface area contributed by atoms with Gasteiger partial charge in [-0.25, -0.2) is 4.79 Å². The molecule has 0 aliphatic carbocycles. The number of thiophene rings is 1. The second-order valence-corrected chi connectivity index (χ2v) is 3.99. The molecule has 0 saturated heterocycles. The Hall–Kier alpha value is -1.42. The number of aryl methyl sites for hydroxylation is 1. The lowest BCUT2D eigenvalue weighted by Crippen LogP contribution is -1.96. The number of nitrogens with zero attached hydrogens (tertiary/aromatic N) is 1. The lowest BCUT2D eigenvalue weighted by Gasteiger charge is -1.94. The fourth-order valence-corrected chi connectivity index (χ4v) is 2.63. The topological polar surface area (TPSA) is 50.2 Å². The van der Waals surface area contributed by atoms with Gasteiger partial charge in [0.25, 0.3) is 0 Å². The highest BCUT2D eigenvalue weighted by molar-refractivity contribution is 7.21. The van der Waals surface area contributed by atoms with Gasteiger partial charge in [-0.15, -0.1) is 11.3 Å². The first-order valence-corrected chi connectivity index (χ1v) is 5.14. The first-order valence-electron chi connectivity index (χ1n) is 4.32. The van der Waals surface area contributed by atoms with Crippen molar-refractivity contribution in [1.82, 2.24) is 4.98 Å². The Morgan fingerprint density at radius 3 is 3.07 bits per heavy atom. The second kappa shape index (κ2) is 3.38. The standard InChI is InChI=1S/C10H9NO2S/c1-2-6-7-3-4-11-5-8(7)14-9(6)10(12)13/h3-5H,2H2,1H3,(H,12,13). The quantitative estimate of drug-likeness (QED) is 0.823.